The van der Waals surface area contributed by atoms with Crippen molar-refractivity contribution in [3.63, 3.8) is 0 Å². The Labute approximate surface area is 115 Å². The summed E-state index contributed by atoms with van der Waals surface area (Å²) >= 11 is 0. The van der Waals surface area contributed by atoms with Gasteiger partial charge in [-0.3, -0.25) is 9.98 Å². The monoisotopic (exact) mass is 264 g/mol. The highest BCUT2D eigenvalue weighted by Gasteiger charge is 2.15. The number of amidine groups is 1. The number of rotatable bonds is 2. The van der Waals surface area contributed by atoms with Crippen LogP contribution in [0, 0.1) is 0 Å². The van der Waals surface area contributed by atoms with Gasteiger partial charge in [0.15, 0.2) is 5.65 Å². The third-order valence-corrected chi connectivity index (χ3v) is 3.33. The van der Waals surface area contributed by atoms with Crippen LogP contribution in [0.25, 0.3) is 16.9 Å². The van der Waals surface area contributed by atoms with E-state index >= 15 is 0 Å². The van der Waals surface area contributed by atoms with Crippen LogP contribution in [0.15, 0.2) is 48.0 Å². The summed E-state index contributed by atoms with van der Waals surface area (Å²) in [4.78, 5) is 12.9. The van der Waals surface area contributed by atoms with Crippen LogP contribution in [-0.2, 0) is 0 Å². The fourth-order valence-electron chi connectivity index (χ4n) is 2.41. The van der Waals surface area contributed by atoms with Gasteiger partial charge in [-0.1, -0.05) is 0 Å². The lowest BCUT2D eigenvalue weighted by molar-refractivity contribution is 0.955. The van der Waals surface area contributed by atoms with Gasteiger partial charge in [0.05, 0.1) is 17.8 Å². The molecule has 1 N–H and O–H groups in total. The highest BCUT2D eigenvalue weighted by atomic mass is 15.3. The standard InChI is InChI=1S/C14H12N6/c1-2-12(10-3-5-15-6-4-10)20-14(18-9-19-20)11(1)13-16-7-8-17-13/h1-6,9H,7-8H2,(H,16,17). The molecule has 1 aliphatic rings. The van der Waals surface area contributed by atoms with Gasteiger partial charge in [0.2, 0.25) is 0 Å². The molecule has 0 aliphatic carbocycles. The SMILES string of the molecule is c1cc(-c2ccc(C3=NCCN3)c3ncnn23)ccn1. The van der Waals surface area contributed by atoms with E-state index in [1.54, 1.807) is 18.7 Å². The molecule has 0 saturated heterocycles. The highest BCUT2D eigenvalue weighted by molar-refractivity contribution is 6.04. The molecule has 0 spiro atoms. The van der Waals surface area contributed by atoms with Crippen molar-refractivity contribution in [1.29, 1.82) is 0 Å². The zero-order chi connectivity index (χ0) is 13.4. The van der Waals surface area contributed by atoms with E-state index < -0.39 is 0 Å². The molecule has 3 aromatic rings. The van der Waals surface area contributed by atoms with Gasteiger partial charge in [0, 0.05) is 24.5 Å². The first-order valence-electron chi connectivity index (χ1n) is 6.45. The van der Waals surface area contributed by atoms with Crippen molar-refractivity contribution in [3.05, 3.63) is 48.5 Å². The molecule has 0 atom stereocenters. The van der Waals surface area contributed by atoms with Gasteiger partial charge in [0.25, 0.3) is 0 Å². The average Bonchev–Trinajstić information content (AvgIpc) is 3.18. The topological polar surface area (TPSA) is 67.5 Å². The Morgan fingerprint density at radius 2 is 2.00 bits per heavy atom. The summed E-state index contributed by atoms with van der Waals surface area (Å²) in [5, 5.41) is 7.60. The normalized spacial score (nSPS) is 14.3. The predicted molar refractivity (Wildman–Crippen MR) is 75.6 cm³/mol. The first kappa shape index (κ1) is 11.1. The van der Waals surface area contributed by atoms with Crippen molar-refractivity contribution >= 4 is 11.5 Å². The van der Waals surface area contributed by atoms with Crippen LogP contribution < -0.4 is 5.32 Å². The Morgan fingerprint density at radius 3 is 2.80 bits per heavy atom. The van der Waals surface area contributed by atoms with Gasteiger partial charge >= 0.3 is 0 Å². The second-order valence-corrected chi connectivity index (χ2v) is 4.52. The Bertz CT molecular complexity index is 790. The fourth-order valence-corrected chi connectivity index (χ4v) is 2.41. The minimum absolute atomic E-state index is 0.807. The molecule has 4 rings (SSSR count). The summed E-state index contributed by atoms with van der Waals surface area (Å²) in [6.45, 7) is 1.68. The van der Waals surface area contributed by atoms with E-state index in [4.69, 9.17) is 0 Å². The number of fused-ring (bicyclic) bond motifs is 1. The van der Waals surface area contributed by atoms with Crippen LogP contribution in [0.2, 0.25) is 0 Å². The second-order valence-electron chi connectivity index (χ2n) is 4.52. The average molecular weight is 264 g/mol. The lowest BCUT2D eigenvalue weighted by atomic mass is 10.1. The van der Waals surface area contributed by atoms with Crippen molar-refractivity contribution in [2.45, 2.75) is 0 Å². The summed E-state index contributed by atoms with van der Waals surface area (Å²) in [6, 6.07) is 7.99. The van der Waals surface area contributed by atoms with Gasteiger partial charge in [-0.15, -0.1) is 0 Å². The number of aliphatic imine (C=N–C) groups is 1. The molecule has 3 aromatic heterocycles. The van der Waals surface area contributed by atoms with Crippen LogP contribution >= 0.6 is 0 Å². The maximum Gasteiger partial charge on any atom is 0.166 e. The van der Waals surface area contributed by atoms with E-state index in [1.807, 2.05) is 28.8 Å². The van der Waals surface area contributed by atoms with E-state index in [0.29, 0.717) is 0 Å². The molecular weight excluding hydrogens is 252 g/mol. The van der Waals surface area contributed by atoms with Crippen molar-refractivity contribution in [2.24, 2.45) is 4.99 Å². The minimum Gasteiger partial charge on any atom is -0.368 e. The maximum atomic E-state index is 4.45. The summed E-state index contributed by atoms with van der Waals surface area (Å²) in [5.41, 5.74) is 3.84. The largest absolute Gasteiger partial charge is 0.368 e. The molecule has 6 heteroatoms. The molecule has 0 bridgehead atoms. The van der Waals surface area contributed by atoms with Crippen LogP contribution in [-0.4, -0.2) is 38.5 Å². The molecule has 98 valence electrons. The highest BCUT2D eigenvalue weighted by Crippen LogP contribution is 2.21. The van der Waals surface area contributed by atoms with E-state index in [2.05, 4.69) is 25.4 Å². The Hall–Kier alpha value is -2.76. The molecule has 0 radical (unpaired) electrons. The van der Waals surface area contributed by atoms with Crippen molar-refractivity contribution < 1.29 is 0 Å². The maximum absolute atomic E-state index is 4.45. The molecule has 1 aliphatic heterocycles. The van der Waals surface area contributed by atoms with Crippen LogP contribution in [0.4, 0.5) is 0 Å². The second kappa shape index (κ2) is 4.41. The quantitative estimate of drug-likeness (QED) is 0.753. The molecule has 20 heavy (non-hydrogen) atoms. The number of pyridine rings is 2. The minimum atomic E-state index is 0.807. The summed E-state index contributed by atoms with van der Waals surface area (Å²) in [5.74, 6) is 0.893. The lowest BCUT2D eigenvalue weighted by Gasteiger charge is -2.08. The Balaban J connectivity index is 1.94. The molecule has 4 heterocycles. The zero-order valence-electron chi connectivity index (χ0n) is 10.7. The molecule has 0 amide bonds. The van der Waals surface area contributed by atoms with Crippen molar-refractivity contribution in [3.8, 4) is 11.3 Å². The molecule has 0 saturated carbocycles. The van der Waals surface area contributed by atoms with Crippen molar-refractivity contribution in [1.82, 2.24) is 24.9 Å². The smallest absolute Gasteiger partial charge is 0.166 e. The zero-order valence-corrected chi connectivity index (χ0v) is 10.7. The molecule has 0 unspecified atom stereocenters. The third-order valence-electron chi connectivity index (χ3n) is 3.33. The fraction of sp³-hybridized carbons (Fsp3) is 0.143. The van der Waals surface area contributed by atoms with Gasteiger partial charge < -0.3 is 5.32 Å². The number of nitrogens with one attached hydrogen (secondary N) is 1. The first-order valence-corrected chi connectivity index (χ1v) is 6.45. The van der Waals surface area contributed by atoms with E-state index in [1.165, 1.54) is 0 Å². The Morgan fingerprint density at radius 1 is 1.10 bits per heavy atom. The summed E-state index contributed by atoms with van der Waals surface area (Å²) < 4.78 is 1.84. The molecule has 0 aromatic carbocycles. The lowest BCUT2D eigenvalue weighted by Crippen LogP contribution is -2.20. The number of aromatic nitrogens is 4. The summed E-state index contributed by atoms with van der Waals surface area (Å²) in [7, 11) is 0. The predicted octanol–water partition coefficient (Wildman–Crippen LogP) is 1.14. The van der Waals surface area contributed by atoms with Crippen LogP contribution in [0.1, 0.15) is 5.56 Å². The summed E-state index contributed by atoms with van der Waals surface area (Å²) in [6.07, 6.45) is 5.11. The van der Waals surface area contributed by atoms with Gasteiger partial charge in [0.1, 0.15) is 12.2 Å². The van der Waals surface area contributed by atoms with E-state index in [9.17, 15) is 0 Å². The van der Waals surface area contributed by atoms with Gasteiger partial charge in [-0.05, 0) is 24.3 Å². The number of hydrogen-bond donors (Lipinski definition) is 1. The molecular formula is C14H12N6. The van der Waals surface area contributed by atoms with E-state index in [-0.39, 0.29) is 0 Å². The third kappa shape index (κ3) is 1.65. The Kier molecular flexibility index (Phi) is 2.45. The first-order chi connectivity index (χ1) is 9.93. The number of hydrogen-bond acceptors (Lipinski definition) is 5. The van der Waals surface area contributed by atoms with Gasteiger partial charge in [-0.25, -0.2) is 9.50 Å². The molecule has 6 nitrogen and oxygen atoms in total. The van der Waals surface area contributed by atoms with Crippen LogP contribution in [0.3, 0.4) is 0 Å². The molecule has 0 fully saturated rings. The number of nitrogens with zero attached hydrogens (tertiary/aromatic N) is 5. The van der Waals surface area contributed by atoms with E-state index in [0.717, 1.165) is 41.4 Å². The van der Waals surface area contributed by atoms with Crippen molar-refractivity contribution in [2.75, 3.05) is 13.1 Å². The van der Waals surface area contributed by atoms with Crippen LogP contribution in [0.5, 0.6) is 0 Å². The van der Waals surface area contributed by atoms with Gasteiger partial charge in [-0.2, -0.15) is 5.10 Å².